The van der Waals surface area contributed by atoms with Crippen molar-refractivity contribution in [3.8, 4) is 0 Å². The molecule has 192 valence electrons. The number of fused-ring (bicyclic) bond motifs is 4. The molecular weight excluding hydrogens is 504 g/mol. The molecule has 3 nitrogen and oxygen atoms in total. The van der Waals surface area contributed by atoms with Crippen molar-refractivity contribution in [1.29, 1.82) is 0 Å². The third-order valence-corrected chi connectivity index (χ3v) is 7.64. The maximum absolute atomic E-state index is 13.0. The van der Waals surface area contributed by atoms with Crippen molar-refractivity contribution in [3.63, 3.8) is 0 Å². The van der Waals surface area contributed by atoms with E-state index in [0.717, 1.165) is 54.2 Å². The maximum Gasteiger partial charge on any atom is 0.306 e. The Labute approximate surface area is 232 Å². The predicted octanol–water partition coefficient (Wildman–Crippen LogP) is 8.54. The number of hydrogen-bond donors (Lipinski definition) is 0. The quantitative estimate of drug-likeness (QED) is 0.112. The van der Waals surface area contributed by atoms with Gasteiger partial charge in [0.25, 0.3) is 0 Å². The first-order valence-electron chi connectivity index (χ1n) is 13.2. The van der Waals surface area contributed by atoms with Gasteiger partial charge in [-0.3, -0.25) is 9.59 Å². The van der Waals surface area contributed by atoms with Crippen LogP contribution in [0.15, 0.2) is 109 Å². The molecule has 6 aromatic rings. The van der Waals surface area contributed by atoms with E-state index in [4.69, 9.17) is 16.3 Å². The SMILES string of the molecule is O=C(Cl)CCC(=O)OC(Cc1c2ccccc2cc2ccccc12)Cc1c2ccccc2cc2ccccc12. The van der Waals surface area contributed by atoms with Crippen LogP contribution in [-0.2, 0) is 27.2 Å². The molecule has 0 radical (unpaired) electrons. The van der Waals surface area contributed by atoms with Crippen LogP contribution >= 0.6 is 11.6 Å². The Morgan fingerprint density at radius 1 is 0.564 bits per heavy atom. The van der Waals surface area contributed by atoms with E-state index < -0.39 is 17.3 Å². The van der Waals surface area contributed by atoms with E-state index in [2.05, 4.69) is 60.7 Å². The molecule has 0 atom stereocenters. The lowest BCUT2D eigenvalue weighted by molar-refractivity contribution is -0.149. The van der Waals surface area contributed by atoms with E-state index in [1.54, 1.807) is 0 Å². The second-order valence-corrected chi connectivity index (χ2v) is 10.4. The van der Waals surface area contributed by atoms with Crippen LogP contribution in [0.2, 0.25) is 0 Å². The molecule has 0 saturated carbocycles. The molecule has 39 heavy (non-hydrogen) atoms. The first-order chi connectivity index (χ1) is 19.1. The van der Waals surface area contributed by atoms with Crippen molar-refractivity contribution in [2.24, 2.45) is 0 Å². The van der Waals surface area contributed by atoms with Crippen molar-refractivity contribution >= 4 is 65.9 Å². The molecule has 0 N–H and O–H groups in total. The minimum Gasteiger partial charge on any atom is -0.462 e. The lowest BCUT2D eigenvalue weighted by Gasteiger charge is -2.22. The highest BCUT2D eigenvalue weighted by Crippen LogP contribution is 2.33. The molecule has 6 aromatic carbocycles. The zero-order valence-electron chi connectivity index (χ0n) is 21.4. The van der Waals surface area contributed by atoms with Gasteiger partial charge in [-0.25, -0.2) is 0 Å². The summed E-state index contributed by atoms with van der Waals surface area (Å²) < 4.78 is 6.15. The van der Waals surface area contributed by atoms with Crippen LogP contribution < -0.4 is 0 Å². The second-order valence-electron chi connectivity index (χ2n) is 9.97. The van der Waals surface area contributed by atoms with E-state index in [1.807, 2.05) is 48.5 Å². The molecule has 0 bridgehead atoms. The molecular formula is C35H27ClO3. The summed E-state index contributed by atoms with van der Waals surface area (Å²) in [6.07, 6.45) is 0.568. The van der Waals surface area contributed by atoms with Gasteiger partial charge >= 0.3 is 5.97 Å². The van der Waals surface area contributed by atoms with Crippen LogP contribution in [0.25, 0.3) is 43.1 Å². The number of esters is 1. The fourth-order valence-electron chi connectivity index (χ4n) is 5.71. The van der Waals surface area contributed by atoms with Crippen molar-refractivity contribution in [2.75, 3.05) is 0 Å². The molecule has 0 heterocycles. The van der Waals surface area contributed by atoms with Gasteiger partial charge in [-0.15, -0.1) is 0 Å². The molecule has 6 rings (SSSR count). The van der Waals surface area contributed by atoms with Gasteiger partial charge in [0.1, 0.15) is 6.10 Å². The summed E-state index contributed by atoms with van der Waals surface area (Å²) in [7, 11) is 0. The largest absolute Gasteiger partial charge is 0.462 e. The van der Waals surface area contributed by atoms with Crippen LogP contribution in [0.1, 0.15) is 24.0 Å². The molecule has 0 unspecified atom stereocenters. The van der Waals surface area contributed by atoms with Crippen molar-refractivity contribution < 1.29 is 14.3 Å². The fourth-order valence-corrected chi connectivity index (χ4v) is 5.81. The predicted molar refractivity (Wildman–Crippen MR) is 160 cm³/mol. The lowest BCUT2D eigenvalue weighted by atomic mass is 9.89. The molecule has 4 heteroatoms. The van der Waals surface area contributed by atoms with Gasteiger partial charge in [0.2, 0.25) is 5.24 Å². The first kappa shape index (κ1) is 25.1. The number of carbonyl (C=O) groups excluding carboxylic acids is 2. The Morgan fingerprint density at radius 3 is 1.28 bits per heavy atom. The number of hydrogen-bond acceptors (Lipinski definition) is 3. The number of ether oxygens (including phenoxy) is 1. The Kier molecular flexibility index (Phi) is 7.00. The van der Waals surface area contributed by atoms with E-state index >= 15 is 0 Å². The Balaban J connectivity index is 1.48. The summed E-state index contributed by atoms with van der Waals surface area (Å²) in [4.78, 5) is 24.3. The number of carbonyl (C=O) groups is 2. The molecule has 0 spiro atoms. The molecule has 0 aliphatic rings. The van der Waals surface area contributed by atoms with E-state index in [9.17, 15) is 9.59 Å². The zero-order valence-corrected chi connectivity index (χ0v) is 22.2. The topological polar surface area (TPSA) is 43.4 Å². The normalized spacial score (nSPS) is 11.5. The van der Waals surface area contributed by atoms with Gasteiger partial charge in [0, 0.05) is 19.3 Å². The average Bonchev–Trinajstić information content (AvgIpc) is 2.95. The minimum atomic E-state index is -0.538. The van der Waals surface area contributed by atoms with Gasteiger partial charge in [-0.05, 0) is 78.0 Å². The highest BCUT2D eigenvalue weighted by Gasteiger charge is 2.22. The van der Waals surface area contributed by atoms with Crippen LogP contribution in [0.5, 0.6) is 0 Å². The number of halogens is 1. The Morgan fingerprint density at radius 2 is 0.923 bits per heavy atom. The van der Waals surface area contributed by atoms with Crippen molar-refractivity contribution in [3.05, 3.63) is 120 Å². The highest BCUT2D eigenvalue weighted by molar-refractivity contribution is 6.63. The summed E-state index contributed by atoms with van der Waals surface area (Å²) in [6.45, 7) is 0. The van der Waals surface area contributed by atoms with Crippen LogP contribution in [0.4, 0.5) is 0 Å². The number of benzene rings is 6. The lowest BCUT2D eigenvalue weighted by Crippen LogP contribution is -2.24. The monoisotopic (exact) mass is 530 g/mol. The summed E-state index contributed by atoms with van der Waals surface area (Å²) in [5, 5.41) is 8.67. The molecule has 0 fully saturated rings. The van der Waals surface area contributed by atoms with Crippen molar-refractivity contribution in [1.82, 2.24) is 0 Å². The van der Waals surface area contributed by atoms with Gasteiger partial charge in [-0.2, -0.15) is 0 Å². The molecule has 0 aliphatic heterocycles. The summed E-state index contributed by atoms with van der Waals surface area (Å²) in [5.74, 6) is -0.414. The summed E-state index contributed by atoms with van der Waals surface area (Å²) in [5.41, 5.74) is 2.30. The standard InChI is InChI=1S/C35H27ClO3/c36-34(37)17-18-35(38)39-27(21-32-28-13-5-1-9-23(28)19-24-10-2-6-14-29(24)32)22-33-30-15-7-3-11-25(30)20-26-12-4-8-16-31(26)33/h1-16,19-20,27H,17-18,21-22H2. The van der Waals surface area contributed by atoms with Crippen molar-refractivity contribution in [2.45, 2.75) is 31.8 Å². The third-order valence-electron chi connectivity index (χ3n) is 7.45. The molecule has 0 aromatic heterocycles. The van der Waals surface area contributed by atoms with Gasteiger partial charge in [-0.1, -0.05) is 97.1 Å². The summed E-state index contributed by atoms with van der Waals surface area (Å²) >= 11 is 5.53. The smallest absolute Gasteiger partial charge is 0.306 e. The highest BCUT2D eigenvalue weighted by atomic mass is 35.5. The fraction of sp³-hybridized carbons (Fsp3) is 0.143. The molecule has 0 amide bonds. The van der Waals surface area contributed by atoms with Crippen LogP contribution in [0.3, 0.4) is 0 Å². The second kappa shape index (κ2) is 10.9. The molecule has 0 saturated heterocycles. The molecule has 0 aliphatic carbocycles. The summed E-state index contributed by atoms with van der Waals surface area (Å²) in [6, 6.07) is 37.8. The maximum atomic E-state index is 13.0. The van der Waals surface area contributed by atoms with Gasteiger partial charge in [0.05, 0.1) is 6.42 Å². The minimum absolute atomic E-state index is 0.0363. The van der Waals surface area contributed by atoms with Gasteiger partial charge in [0.15, 0.2) is 0 Å². The van der Waals surface area contributed by atoms with Crippen LogP contribution in [-0.4, -0.2) is 17.3 Å². The average molecular weight is 531 g/mol. The number of rotatable bonds is 8. The van der Waals surface area contributed by atoms with E-state index in [-0.39, 0.29) is 12.8 Å². The van der Waals surface area contributed by atoms with Gasteiger partial charge < -0.3 is 4.74 Å². The first-order valence-corrected chi connectivity index (χ1v) is 13.6. The Bertz CT molecular complexity index is 1630. The Hall–Kier alpha value is -4.21. The van der Waals surface area contributed by atoms with E-state index in [0.29, 0.717) is 12.8 Å². The van der Waals surface area contributed by atoms with E-state index in [1.165, 1.54) is 0 Å². The van der Waals surface area contributed by atoms with Crippen LogP contribution in [0, 0.1) is 0 Å². The zero-order chi connectivity index (χ0) is 26.8. The third kappa shape index (κ3) is 5.23.